The highest BCUT2D eigenvalue weighted by Gasteiger charge is 2.35. The summed E-state index contributed by atoms with van der Waals surface area (Å²) in [5.41, 5.74) is -1.04. The van der Waals surface area contributed by atoms with Crippen molar-refractivity contribution in [1.29, 1.82) is 0 Å². The van der Waals surface area contributed by atoms with Crippen molar-refractivity contribution in [2.45, 2.75) is 32.6 Å². The van der Waals surface area contributed by atoms with Gasteiger partial charge in [-0.25, -0.2) is 4.79 Å². The molecule has 1 aromatic rings. The van der Waals surface area contributed by atoms with Crippen molar-refractivity contribution in [3.8, 4) is 12.3 Å². The van der Waals surface area contributed by atoms with Crippen molar-refractivity contribution in [3.63, 3.8) is 0 Å². The van der Waals surface area contributed by atoms with E-state index in [4.69, 9.17) is 16.3 Å². The molecule has 0 aromatic carbocycles. The van der Waals surface area contributed by atoms with Crippen LogP contribution in [0.15, 0.2) is 21.9 Å². The summed E-state index contributed by atoms with van der Waals surface area (Å²) in [7, 11) is 0. The Morgan fingerprint density at radius 3 is 2.79 bits per heavy atom. The summed E-state index contributed by atoms with van der Waals surface area (Å²) in [5, 5.41) is 9.02. The van der Waals surface area contributed by atoms with E-state index in [9.17, 15) is 9.59 Å². The number of hydrogen-bond donors (Lipinski definition) is 2. The van der Waals surface area contributed by atoms with Crippen molar-refractivity contribution in [3.05, 3.63) is 33.1 Å². The minimum Gasteiger partial charge on any atom is -0.394 e. The third kappa shape index (κ3) is 3.34. The molecule has 0 spiro atoms. The van der Waals surface area contributed by atoms with Crippen LogP contribution in [0.1, 0.15) is 26.5 Å². The zero-order chi connectivity index (χ0) is 14.4. The lowest BCUT2D eigenvalue weighted by Crippen LogP contribution is -2.33. The quantitative estimate of drug-likeness (QED) is 0.743. The predicted octanol–water partition coefficient (Wildman–Crippen LogP) is 0.0920. The van der Waals surface area contributed by atoms with Crippen molar-refractivity contribution >= 4 is 0 Å². The van der Waals surface area contributed by atoms with Gasteiger partial charge in [-0.3, -0.25) is 14.3 Å². The molecule has 0 saturated carbocycles. The Labute approximate surface area is 111 Å². The molecular formula is C13H18N2O4. The zero-order valence-corrected chi connectivity index (χ0v) is 11.0. The SMILES string of the molecule is C#CC1CC(CO)OC1n1ccc(=O)[nH]c1=O.CC. The maximum atomic E-state index is 11.6. The standard InChI is InChI=1S/C11H12N2O4.C2H6/c1-2-7-5-8(6-14)17-10(7)13-4-3-9(15)12-11(13)16;1-2/h1,3-4,7-8,10,14H,5-6H2,(H,12,15,16);1-2H3. The van der Waals surface area contributed by atoms with E-state index >= 15 is 0 Å². The predicted molar refractivity (Wildman–Crippen MR) is 70.6 cm³/mol. The molecule has 2 N–H and O–H groups in total. The molecule has 2 rings (SSSR count). The van der Waals surface area contributed by atoms with Gasteiger partial charge in [0, 0.05) is 12.3 Å². The van der Waals surface area contributed by atoms with Crippen LogP contribution in [-0.2, 0) is 4.74 Å². The van der Waals surface area contributed by atoms with Crippen LogP contribution in [0.25, 0.3) is 0 Å². The summed E-state index contributed by atoms with van der Waals surface area (Å²) in [4.78, 5) is 24.7. The number of H-pyrrole nitrogens is 1. The Balaban J connectivity index is 0.000000861. The number of rotatable bonds is 2. The molecular weight excluding hydrogens is 248 g/mol. The van der Waals surface area contributed by atoms with Crippen LogP contribution in [0.4, 0.5) is 0 Å². The Morgan fingerprint density at radius 1 is 1.58 bits per heavy atom. The highest BCUT2D eigenvalue weighted by molar-refractivity contribution is 5.01. The fraction of sp³-hybridized carbons (Fsp3) is 0.538. The molecule has 1 aliphatic heterocycles. The second-order valence-electron chi connectivity index (χ2n) is 3.86. The normalized spacial score (nSPS) is 25.3. The summed E-state index contributed by atoms with van der Waals surface area (Å²) in [6.45, 7) is 3.85. The van der Waals surface area contributed by atoms with Crippen molar-refractivity contribution in [1.82, 2.24) is 9.55 Å². The van der Waals surface area contributed by atoms with Crippen LogP contribution >= 0.6 is 0 Å². The Bertz CT molecular complexity index is 555. The summed E-state index contributed by atoms with van der Waals surface area (Å²) < 4.78 is 6.71. The molecule has 0 amide bonds. The largest absolute Gasteiger partial charge is 0.394 e. The third-order valence-electron chi connectivity index (χ3n) is 2.74. The third-order valence-corrected chi connectivity index (χ3v) is 2.74. The minimum absolute atomic E-state index is 0.146. The lowest BCUT2D eigenvalue weighted by molar-refractivity contribution is -0.0304. The van der Waals surface area contributed by atoms with E-state index in [2.05, 4.69) is 10.9 Å². The number of nitrogens with zero attached hydrogens (tertiary/aromatic N) is 1. The first-order valence-corrected chi connectivity index (χ1v) is 6.19. The van der Waals surface area contributed by atoms with Crippen molar-refractivity contribution < 1.29 is 9.84 Å². The number of aromatic nitrogens is 2. The van der Waals surface area contributed by atoms with Gasteiger partial charge >= 0.3 is 5.69 Å². The van der Waals surface area contributed by atoms with Gasteiger partial charge in [-0.1, -0.05) is 19.8 Å². The number of aliphatic hydroxyl groups excluding tert-OH is 1. The van der Waals surface area contributed by atoms with Crippen LogP contribution in [0.2, 0.25) is 0 Å². The van der Waals surface area contributed by atoms with Crippen LogP contribution in [-0.4, -0.2) is 27.4 Å². The van der Waals surface area contributed by atoms with Gasteiger partial charge in [0.25, 0.3) is 5.56 Å². The average molecular weight is 266 g/mol. The van der Waals surface area contributed by atoms with E-state index in [1.165, 1.54) is 16.8 Å². The highest BCUT2D eigenvalue weighted by atomic mass is 16.5. The van der Waals surface area contributed by atoms with Crippen LogP contribution in [0, 0.1) is 18.3 Å². The van der Waals surface area contributed by atoms with Gasteiger partial charge in [0.15, 0.2) is 6.23 Å². The second-order valence-corrected chi connectivity index (χ2v) is 3.86. The number of nitrogens with one attached hydrogen (secondary N) is 1. The molecule has 1 aliphatic rings. The Hall–Kier alpha value is -1.84. The van der Waals surface area contributed by atoms with E-state index in [-0.39, 0.29) is 18.6 Å². The van der Waals surface area contributed by atoms with E-state index < -0.39 is 17.5 Å². The van der Waals surface area contributed by atoms with Gasteiger partial charge in [0.05, 0.1) is 18.6 Å². The van der Waals surface area contributed by atoms with E-state index in [1.807, 2.05) is 13.8 Å². The van der Waals surface area contributed by atoms with Crippen LogP contribution in [0.3, 0.4) is 0 Å². The van der Waals surface area contributed by atoms with E-state index in [0.717, 1.165) is 0 Å². The van der Waals surface area contributed by atoms with E-state index in [1.54, 1.807) is 0 Å². The Morgan fingerprint density at radius 2 is 2.26 bits per heavy atom. The van der Waals surface area contributed by atoms with Gasteiger partial charge in [-0.05, 0) is 6.42 Å². The number of hydrogen-bond acceptors (Lipinski definition) is 4. The number of aromatic amines is 1. The first kappa shape index (κ1) is 15.2. The van der Waals surface area contributed by atoms with E-state index in [0.29, 0.717) is 6.42 Å². The molecule has 3 atom stereocenters. The number of aliphatic hydroxyl groups is 1. The molecule has 1 fully saturated rings. The lowest BCUT2D eigenvalue weighted by atomic mass is 10.0. The van der Waals surface area contributed by atoms with Gasteiger partial charge in [0.2, 0.25) is 0 Å². The van der Waals surface area contributed by atoms with Gasteiger partial charge < -0.3 is 9.84 Å². The van der Waals surface area contributed by atoms with Crippen LogP contribution in [0.5, 0.6) is 0 Å². The highest BCUT2D eigenvalue weighted by Crippen LogP contribution is 2.32. The fourth-order valence-corrected chi connectivity index (χ4v) is 1.90. The second kappa shape index (κ2) is 6.92. The molecule has 3 unspecified atom stereocenters. The molecule has 1 saturated heterocycles. The Kier molecular flexibility index (Phi) is 5.55. The topological polar surface area (TPSA) is 84.3 Å². The van der Waals surface area contributed by atoms with Crippen LogP contribution < -0.4 is 11.2 Å². The number of ether oxygens (including phenoxy) is 1. The summed E-state index contributed by atoms with van der Waals surface area (Å²) in [6.07, 6.45) is 6.18. The zero-order valence-electron chi connectivity index (χ0n) is 11.0. The maximum Gasteiger partial charge on any atom is 0.330 e. The average Bonchev–Trinajstić information content (AvgIpc) is 2.84. The first-order chi connectivity index (χ1) is 9.15. The fourth-order valence-electron chi connectivity index (χ4n) is 1.90. The van der Waals surface area contributed by atoms with Gasteiger partial charge in [-0.15, -0.1) is 6.42 Å². The summed E-state index contributed by atoms with van der Waals surface area (Å²) in [5.74, 6) is 2.24. The smallest absolute Gasteiger partial charge is 0.330 e. The monoisotopic (exact) mass is 266 g/mol. The molecule has 1 aromatic heterocycles. The number of terminal acetylenes is 1. The van der Waals surface area contributed by atoms with Crippen molar-refractivity contribution in [2.75, 3.05) is 6.61 Å². The molecule has 6 nitrogen and oxygen atoms in total. The molecule has 19 heavy (non-hydrogen) atoms. The summed E-state index contributed by atoms with van der Waals surface area (Å²) in [6, 6.07) is 1.23. The van der Waals surface area contributed by atoms with Crippen molar-refractivity contribution in [2.24, 2.45) is 5.92 Å². The lowest BCUT2D eigenvalue weighted by Gasteiger charge is -2.16. The molecule has 0 bridgehead atoms. The molecule has 2 heterocycles. The minimum atomic E-state index is -0.638. The van der Waals surface area contributed by atoms with Gasteiger partial charge in [-0.2, -0.15) is 0 Å². The first-order valence-electron chi connectivity index (χ1n) is 6.19. The molecule has 6 heteroatoms. The molecule has 0 radical (unpaired) electrons. The summed E-state index contributed by atoms with van der Waals surface area (Å²) >= 11 is 0. The molecule has 104 valence electrons. The van der Waals surface area contributed by atoms with Gasteiger partial charge in [0.1, 0.15) is 0 Å². The maximum absolute atomic E-state index is 11.6. The molecule has 0 aliphatic carbocycles.